The van der Waals surface area contributed by atoms with Crippen molar-refractivity contribution >= 4 is 23.2 Å². The summed E-state index contributed by atoms with van der Waals surface area (Å²) in [5.74, 6) is 5.31. The van der Waals surface area contributed by atoms with Crippen LogP contribution < -0.4 is 5.32 Å². The molecule has 4 rings (SSSR count). The van der Waals surface area contributed by atoms with E-state index in [1.54, 1.807) is 0 Å². The van der Waals surface area contributed by atoms with Crippen LogP contribution >= 0.6 is 11.6 Å². The Bertz CT molecular complexity index is 1100. The number of carbonyl (C=O) groups excluding carboxylic acids is 1. The number of halogens is 1. The lowest BCUT2D eigenvalue weighted by atomic mass is 10.1. The summed E-state index contributed by atoms with van der Waals surface area (Å²) in [6, 6.07) is 24.2. The van der Waals surface area contributed by atoms with E-state index in [0.717, 1.165) is 23.2 Å². The van der Waals surface area contributed by atoms with Crippen molar-refractivity contribution in [3.05, 3.63) is 88.9 Å². The maximum atomic E-state index is 12.2. The van der Waals surface area contributed by atoms with Crippen LogP contribution in [0.1, 0.15) is 36.8 Å². The van der Waals surface area contributed by atoms with Gasteiger partial charge in [0.25, 0.3) is 0 Å². The van der Waals surface area contributed by atoms with Gasteiger partial charge in [-0.3, -0.25) is 9.69 Å². The number of hydrogen-bond acceptors (Lipinski definition) is 2. The first-order chi connectivity index (χ1) is 15.6. The number of anilines is 1. The van der Waals surface area contributed by atoms with E-state index < -0.39 is 0 Å². The lowest BCUT2D eigenvalue weighted by Crippen LogP contribution is -2.28. The van der Waals surface area contributed by atoms with E-state index in [1.165, 1.54) is 31.2 Å². The third kappa shape index (κ3) is 6.01. The third-order valence-electron chi connectivity index (χ3n) is 5.97. The van der Waals surface area contributed by atoms with Gasteiger partial charge in [-0.05, 0) is 73.0 Å². The van der Waals surface area contributed by atoms with Crippen molar-refractivity contribution < 1.29 is 4.79 Å². The van der Waals surface area contributed by atoms with Gasteiger partial charge in [-0.1, -0.05) is 66.8 Å². The molecule has 32 heavy (non-hydrogen) atoms. The molecule has 3 aromatic rings. The maximum Gasteiger partial charge on any atom is 0.300 e. The van der Waals surface area contributed by atoms with Gasteiger partial charge in [0.1, 0.15) is 0 Å². The number of carbonyl (C=O) groups is 1. The molecule has 3 aromatic carbocycles. The molecule has 0 unspecified atom stereocenters. The monoisotopic (exact) mass is 442 g/mol. The highest BCUT2D eigenvalue weighted by atomic mass is 35.5. The summed E-state index contributed by atoms with van der Waals surface area (Å²) in [6.07, 6.45) is 5.30. The van der Waals surface area contributed by atoms with Gasteiger partial charge in [0.15, 0.2) is 0 Å². The first kappa shape index (κ1) is 22.1. The molecule has 1 N–H and O–H groups in total. The molecular weight excluding hydrogens is 416 g/mol. The summed E-state index contributed by atoms with van der Waals surface area (Å²) >= 11 is 5.95. The minimum Gasteiger partial charge on any atom is -0.315 e. The van der Waals surface area contributed by atoms with E-state index in [0.29, 0.717) is 16.8 Å². The highest BCUT2D eigenvalue weighted by Crippen LogP contribution is 2.24. The molecule has 3 nitrogen and oxygen atoms in total. The van der Waals surface area contributed by atoms with Crippen LogP contribution in [0.25, 0.3) is 11.1 Å². The van der Waals surface area contributed by atoms with E-state index in [4.69, 9.17) is 11.6 Å². The summed E-state index contributed by atoms with van der Waals surface area (Å²) in [6.45, 7) is 0.949. The van der Waals surface area contributed by atoms with Gasteiger partial charge in [0.2, 0.25) is 0 Å². The number of nitrogens with zero attached hydrogens (tertiary/aromatic N) is 1. The summed E-state index contributed by atoms with van der Waals surface area (Å²) in [4.78, 5) is 14.7. The van der Waals surface area contributed by atoms with Gasteiger partial charge in [-0.15, -0.1) is 0 Å². The predicted octanol–water partition coefficient (Wildman–Crippen LogP) is 6.37. The minimum absolute atomic E-state index is 0.325. The first-order valence-electron chi connectivity index (χ1n) is 11.0. The van der Waals surface area contributed by atoms with Crippen molar-refractivity contribution in [2.45, 2.75) is 38.3 Å². The van der Waals surface area contributed by atoms with E-state index in [1.807, 2.05) is 60.7 Å². The molecule has 1 amide bonds. The zero-order chi connectivity index (χ0) is 22.3. The zero-order valence-corrected chi connectivity index (χ0v) is 19.0. The summed E-state index contributed by atoms with van der Waals surface area (Å²) < 4.78 is 0. The lowest BCUT2D eigenvalue weighted by Gasteiger charge is -2.23. The van der Waals surface area contributed by atoms with Gasteiger partial charge in [-0.25, -0.2) is 0 Å². The third-order valence-corrected chi connectivity index (χ3v) is 6.23. The average molecular weight is 443 g/mol. The van der Waals surface area contributed by atoms with Gasteiger partial charge >= 0.3 is 5.91 Å². The predicted molar refractivity (Wildman–Crippen MR) is 133 cm³/mol. The maximum absolute atomic E-state index is 12.2. The Labute approximate surface area is 195 Å². The standard InChI is InChI=1S/C28H27ClN2O/c1-31(27-4-2-3-5-27)20-22-8-6-21(7-9-22)10-19-28(32)30-26-17-13-24(14-18-26)23-11-15-25(29)16-12-23/h6-9,11-18,27H,2-5,20H2,1H3,(H,30,32). The van der Waals surface area contributed by atoms with Crippen LogP contribution in [0.2, 0.25) is 5.02 Å². The van der Waals surface area contributed by atoms with Crippen LogP contribution in [-0.2, 0) is 11.3 Å². The fraction of sp³-hybridized carbons (Fsp3) is 0.250. The second-order valence-corrected chi connectivity index (χ2v) is 8.78. The molecule has 1 saturated carbocycles. The summed E-state index contributed by atoms with van der Waals surface area (Å²) in [5, 5.41) is 3.54. The largest absolute Gasteiger partial charge is 0.315 e. The SMILES string of the molecule is CN(Cc1ccc(C#CC(=O)Nc2ccc(-c3ccc(Cl)cc3)cc2)cc1)C1CCCC1. The topological polar surface area (TPSA) is 32.3 Å². The molecule has 0 aliphatic heterocycles. The Kier molecular flexibility index (Phi) is 7.27. The highest BCUT2D eigenvalue weighted by molar-refractivity contribution is 6.30. The summed E-state index contributed by atoms with van der Waals surface area (Å²) in [5.41, 5.74) is 4.96. The van der Waals surface area contributed by atoms with Gasteiger partial charge in [0.05, 0.1) is 0 Å². The Balaban J connectivity index is 1.31. The van der Waals surface area contributed by atoms with Crippen LogP contribution in [0.5, 0.6) is 0 Å². The smallest absolute Gasteiger partial charge is 0.300 e. The average Bonchev–Trinajstić information content (AvgIpc) is 3.35. The highest BCUT2D eigenvalue weighted by Gasteiger charge is 2.19. The number of benzene rings is 3. The van der Waals surface area contributed by atoms with E-state index in [9.17, 15) is 4.79 Å². The molecule has 0 spiro atoms. The van der Waals surface area contributed by atoms with Crippen molar-refractivity contribution in [1.29, 1.82) is 0 Å². The molecule has 4 heteroatoms. The van der Waals surface area contributed by atoms with Crippen LogP contribution in [0, 0.1) is 11.8 Å². The quantitative estimate of drug-likeness (QED) is 0.465. The second kappa shape index (κ2) is 10.5. The van der Waals surface area contributed by atoms with Gasteiger partial charge in [-0.2, -0.15) is 0 Å². The number of rotatable bonds is 5. The van der Waals surface area contributed by atoms with Gasteiger partial charge < -0.3 is 5.32 Å². The van der Waals surface area contributed by atoms with E-state index in [-0.39, 0.29) is 5.91 Å². The Hall–Kier alpha value is -3.06. The Morgan fingerprint density at radius 2 is 1.53 bits per heavy atom. The molecule has 1 fully saturated rings. The second-order valence-electron chi connectivity index (χ2n) is 8.34. The van der Waals surface area contributed by atoms with Crippen molar-refractivity contribution in [3.63, 3.8) is 0 Å². The molecular formula is C28H27ClN2O. The van der Waals surface area contributed by atoms with Crippen LogP contribution in [0.3, 0.4) is 0 Å². The van der Waals surface area contributed by atoms with Crippen LogP contribution in [0.15, 0.2) is 72.8 Å². The Morgan fingerprint density at radius 3 is 2.16 bits per heavy atom. The molecule has 0 atom stereocenters. The molecule has 0 radical (unpaired) electrons. The molecule has 1 aliphatic rings. The normalized spacial score (nSPS) is 13.6. The van der Waals surface area contributed by atoms with E-state index in [2.05, 4.69) is 41.2 Å². The Morgan fingerprint density at radius 1 is 0.938 bits per heavy atom. The molecule has 0 aromatic heterocycles. The molecule has 0 bridgehead atoms. The van der Waals surface area contributed by atoms with Crippen molar-refractivity contribution in [2.75, 3.05) is 12.4 Å². The number of nitrogens with one attached hydrogen (secondary N) is 1. The number of amides is 1. The first-order valence-corrected chi connectivity index (χ1v) is 11.4. The molecule has 0 heterocycles. The number of hydrogen-bond donors (Lipinski definition) is 1. The van der Waals surface area contributed by atoms with E-state index >= 15 is 0 Å². The molecule has 1 aliphatic carbocycles. The summed E-state index contributed by atoms with van der Waals surface area (Å²) in [7, 11) is 2.20. The fourth-order valence-corrected chi connectivity index (χ4v) is 4.26. The van der Waals surface area contributed by atoms with Crippen LogP contribution in [-0.4, -0.2) is 23.9 Å². The fourth-order valence-electron chi connectivity index (χ4n) is 4.14. The minimum atomic E-state index is -0.325. The van der Waals surface area contributed by atoms with Crippen molar-refractivity contribution in [3.8, 4) is 23.0 Å². The molecule has 0 saturated heterocycles. The molecule has 162 valence electrons. The lowest BCUT2D eigenvalue weighted by molar-refractivity contribution is -0.111. The van der Waals surface area contributed by atoms with Gasteiger partial charge in [0, 0.05) is 34.8 Å². The zero-order valence-electron chi connectivity index (χ0n) is 18.3. The van der Waals surface area contributed by atoms with Crippen LogP contribution in [0.4, 0.5) is 5.69 Å². The van der Waals surface area contributed by atoms with Crippen molar-refractivity contribution in [2.24, 2.45) is 0 Å². The van der Waals surface area contributed by atoms with Crippen molar-refractivity contribution in [1.82, 2.24) is 4.90 Å².